The summed E-state index contributed by atoms with van der Waals surface area (Å²) in [5, 5.41) is 38.2. The van der Waals surface area contributed by atoms with E-state index in [1.807, 2.05) is 0 Å². The van der Waals surface area contributed by atoms with Crippen LogP contribution in [0.1, 0.15) is 60.8 Å². The van der Waals surface area contributed by atoms with Gasteiger partial charge in [-0.05, 0) is 34.6 Å². The van der Waals surface area contributed by atoms with Gasteiger partial charge in [0.25, 0.3) is 0 Å². The molecule has 0 amide bonds. The number of allylic oxidation sites excluding steroid dienone is 1. The zero-order valence-electron chi connectivity index (χ0n) is 35.5. The van der Waals surface area contributed by atoms with E-state index in [0.717, 1.165) is 28.1 Å². The first-order chi connectivity index (χ1) is 26.7. The van der Waals surface area contributed by atoms with Crippen molar-refractivity contribution in [2.75, 3.05) is 56.9 Å². The van der Waals surface area contributed by atoms with Crippen LogP contribution in [0.25, 0.3) is 5.53 Å². The third kappa shape index (κ3) is 15.5. The maximum atomic E-state index is 11.5. The molecule has 1 unspecified atom stereocenters. The topological polar surface area (TPSA) is 312 Å². The number of carbonyl (C=O) groups is 6. The van der Waals surface area contributed by atoms with E-state index < -0.39 is 82.1 Å². The summed E-state index contributed by atoms with van der Waals surface area (Å²) in [6, 6.07) is 0. The summed E-state index contributed by atoms with van der Waals surface area (Å²) in [6.07, 6.45) is 2.81. The lowest BCUT2D eigenvalue weighted by Crippen LogP contribution is -2.56. The molecule has 8 atom stereocenters. The second kappa shape index (κ2) is 26.6. The summed E-state index contributed by atoms with van der Waals surface area (Å²) in [7, 11) is 10.1. The first-order valence-electron chi connectivity index (χ1n) is 16.9. The van der Waals surface area contributed by atoms with Crippen LogP contribution < -0.4 is 0 Å². The molecule has 22 heteroatoms. The summed E-state index contributed by atoms with van der Waals surface area (Å²) in [5.74, 6) is -7.61. The van der Waals surface area contributed by atoms with Gasteiger partial charge in [0.15, 0.2) is 18.4 Å². The Morgan fingerprint density at radius 2 is 1.21 bits per heavy atom. The highest BCUT2D eigenvalue weighted by atomic mass is 16.8. The Morgan fingerprint density at radius 1 is 0.828 bits per heavy atom. The van der Waals surface area contributed by atoms with Crippen molar-refractivity contribution in [3.05, 3.63) is 30.3 Å². The van der Waals surface area contributed by atoms with Gasteiger partial charge in [-0.3, -0.25) is 9.59 Å². The lowest BCUT2D eigenvalue weighted by molar-refractivity contribution is -0.287. The number of methoxy groups -OCH3 is 8. The quantitative estimate of drug-likeness (QED) is 0.0352. The fraction of sp³-hybridized carbons (Fsp3) is 0.694. The fourth-order valence-electron chi connectivity index (χ4n) is 4.38. The number of carbonyl (C=O) groups excluding carboxylic acids is 6. The van der Waals surface area contributed by atoms with Gasteiger partial charge in [0.05, 0.1) is 34.5 Å². The van der Waals surface area contributed by atoms with E-state index in [9.17, 15) is 44.1 Å². The van der Waals surface area contributed by atoms with Crippen LogP contribution in [0.5, 0.6) is 0 Å². The normalized spacial score (nSPS) is 26.9. The smallest absolute Gasteiger partial charge is 0.441 e. The number of rotatable bonds is 13. The standard InChI is InChI=1S/2C9H16O6.C9H14O4.C5H6N2O3.C4H8O/c2*1-8(14-4)9(11,7(10)13-3)5-6(12-2)15-8;1-4-5-6-9(12,7(2)10)8(11)13-3;1-3(8)4(7-6)5(9)10-2;1-3-4(2)5/h2*6,11H,5H2,1-4H3;4-5,12H,6H2,1-3H3;1-2H3;3-5H,1H2,2H3/b;;5-4+;;/t6-,8+,9+;6-,8-,9-;9-;;/m100../s1. The molecule has 2 heterocycles. The molecule has 0 aliphatic carbocycles. The van der Waals surface area contributed by atoms with Crippen molar-refractivity contribution in [3.63, 3.8) is 0 Å². The van der Waals surface area contributed by atoms with E-state index >= 15 is 0 Å². The molecular weight excluding hydrogens is 780 g/mol. The maximum absolute atomic E-state index is 11.5. The van der Waals surface area contributed by atoms with Crippen LogP contribution in [0.4, 0.5) is 0 Å². The van der Waals surface area contributed by atoms with Crippen molar-refractivity contribution < 1.29 is 101 Å². The molecule has 58 heavy (non-hydrogen) atoms. The zero-order chi connectivity index (χ0) is 46.3. The van der Waals surface area contributed by atoms with Crippen molar-refractivity contribution in [1.82, 2.24) is 0 Å². The molecule has 2 aliphatic rings. The monoisotopic (exact) mass is 840 g/mol. The Morgan fingerprint density at radius 3 is 1.40 bits per heavy atom. The number of nitrogens with zero attached hydrogens (tertiary/aromatic N) is 2. The number of Topliss-reactive ketones (excluding diaryl/α,β-unsaturated/α-hetero) is 2. The minimum atomic E-state index is -2.03. The van der Waals surface area contributed by atoms with Crippen molar-refractivity contribution >= 4 is 41.2 Å². The molecule has 0 radical (unpaired) electrons. The molecule has 334 valence electrons. The van der Waals surface area contributed by atoms with Gasteiger partial charge < -0.3 is 73.3 Å². The van der Waals surface area contributed by atoms with E-state index in [-0.39, 0.29) is 25.4 Å². The summed E-state index contributed by atoms with van der Waals surface area (Å²) in [4.78, 5) is 68.3. The van der Waals surface area contributed by atoms with Crippen LogP contribution >= 0.6 is 0 Å². The highest BCUT2D eigenvalue weighted by molar-refractivity contribution is 6.61. The minimum Gasteiger partial charge on any atom is -0.467 e. The van der Waals surface area contributed by atoms with Crippen molar-refractivity contribution in [1.29, 1.82) is 0 Å². The van der Waals surface area contributed by atoms with E-state index in [4.69, 9.17) is 39.1 Å². The van der Waals surface area contributed by atoms with Gasteiger partial charge in [-0.15, -0.1) is 6.58 Å². The molecule has 0 spiro atoms. The van der Waals surface area contributed by atoms with Crippen LogP contribution in [0.15, 0.2) is 24.8 Å². The van der Waals surface area contributed by atoms with Crippen molar-refractivity contribution in [3.8, 4) is 0 Å². The minimum absolute atomic E-state index is 0.0273. The Bertz CT molecular complexity index is 1410. The summed E-state index contributed by atoms with van der Waals surface area (Å²) in [6.45, 7) is 11.9. The van der Waals surface area contributed by atoms with E-state index in [1.54, 1.807) is 26.0 Å². The van der Waals surface area contributed by atoms with Gasteiger partial charge in [0.1, 0.15) is 0 Å². The second-order valence-electron chi connectivity index (χ2n) is 12.1. The molecule has 0 aromatic rings. The lowest BCUT2D eigenvalue weighted by Gasteiger charge is -2.33. The van der Waals surface area contributed by atoms with Gasteiger partial charge in [-0.25, -0.2) is 19.2 Å². The molecule has 2 saturated heterocycles. The Labute approximate surface area is 337 Å². The first-order valence-corrected chi connectivity index (χ1v) is 16.9. The van der Waals surface area contributed by atoms with Crippen LogP contribution in [-0.2, 0) is 76.1 Å². The molecule has 4 N–H and O–H groups in total. The molecule has 22 nitrogen and oxygen atoms in total. The summed E-state index contributed by atoms with van der Waals surface area (Å²) < 4.78 is 48.0. The second-order valence-corrected chi connectivity index (χ2v) is 12.1. The van der Waals surface area contributed by atoms with Gasteiger partial charge in [0.2, 0.25) is 34.2 Å². The van der Waals surface area contributed by atoms with E-state index in [2.05, 4.69) is 30.3 Å². The molecule has 2 rings (SSSR count). The van der Waals surface area contributed by atoms with Crippen molar-refractivity contribution in [2.45, 2.75) is 108 Å². The van der Waals surface area contributed by atoms with Crippen LogP contribution in [-0.4, -0.2) is 170 Å². The third-order valence-corrected chi connectivity index (χ3v) is 8.40. The molecule has 0 bridgehead atoms. The van der Waals surface area contributed by atoms with Crippen LogP contribution in [0.2, 0.25) is 0 Å². The number of aliphatic hydroxyl groups is 4. The third-order valence-electron chi connectivity index (χ3n) is 8.40. The number of ether oxygens (including phenoxy) is 10. The largest absolute Gasteiger partial charge is 0.467 e. The highest BCUT2D eigenvalue weighted by Crippen LogP contribution is 2.42. The van der Waals surface area contributed by atoms with E-state index in [0.29, 0.717) is 0 Å². The predicted molar refractivity (Wildman–Crippen MR) is 198 cm³/mol. The first kappa shape index (κ1) is 58.0. The lowest BCUT2D eigenvalue weighted by atomic mass is 9.93. The van der Waals surface area contributed by atoms with Gasteiger partial charge in [-0.2, -0.15) is 4.79 Å². The summed E-state index contributed by atoms with van der Waals surface area (Å²) in [5.41, 5.74) is 1.74. The Kier molecular flexibility index (Phi) is 26.6. The molecule has 2 fully saturated rings. The zero-order valence-corrected chi connectivity index (χ0v) is 35.5. The Balaban J connectivity index is -0.000000675. The predicted octanol–water partition coefficient (Wildman–Crippen LogP) is -0.290. The van der Waals surface area contributed by atoms with E-state index in [1.165, 1.54) is 62.6 Å². The van der Waals surface area contributed by atoms with Gasteiger partial charge >= 0.3 is 29.6 Å². The highest BCUT2D eigenvalue weighted by Gasteiger charge is 2.64. The Hall–Kier alpha value is -4.32. The number of hydrogen-bond donors (Lipinski definition) is 4. The fourth-order valence-corrected chi connectivity index (χ4v) is 4.38. The molecular formula is C36H60N2O20. The number of aliphatic hydroxyl groups excluding tert-OH is 1. The number of esters is 4. The summed E-state index contributed by atoms with van der Waals surface area (Å²) >= 11 is 0. The number of hydrogen-bond acceptors (Lipinski definition) is 20. The van der Waals surface area contributed by atoms with Crippen LogP contribution in [0, 0.1) is 0 Å². The van der Waals surface area contributed by atoms with Gasteiger partial charge in [-0.1, -0.05) is 18.2 Å². The molecule has 2 aliphatic heterocycles. The molecule has 0 aromatic carbocycles. The average molecular weight is 841 g/mol. The molecule has 0 saturated carbocycles. The van der Waals surface area contributed by atoms with Gasteiger partial charge in [0, 0.05) is 54.6 Å². The molecule has 0 aromatic heterocycles. The van der Waals surface area contributed by atoms with Crippen molar-refractivity contribution in [2.24, 2.45) is 0 Å². The average Bonchev–Trinajstić information content (AvgIpc) is 3.65. The number of ketones is 2. The van der Waals surface area contributed by atoms with Crippen LogP contribution in [0.3, 0.4) is 0 Å². The maximum Gasteiger partial charge on any atom is 0.441 e. The SMILES string of the molecule is C/C=C/C[C@](O)(C(C)=O)C(=O)OC.C=CC(C)O.COC(=O)C(=[N+]=[N-])C(C)=O.COC(=O)[C@@]1(O)C[C@@H](OC)O[C@]1(C)OC.COC(=O)[C@@]1(O)C[C@H](OC)O[C@]1(C)OC.